The monoisotopic (exact) mass is 416 g/mol. The zero-order chi connectivity index (χ0) is 20.6. The van der Waals surface area contributed by atoms with Crippen LogP contribution in [0.15, 0.2) is 36.4 Å². The van der Waals surface area contributed by atoms with Crippen molar-refractivity contribution < 1.29 is 4.74 Å². The largest absolute Gasteiger partial charge is 0.496 e. The Morgan fingerprint density at radius 3 is 1.46 bits per heavy atom. The van der Waals surface area contributed by atoms with E-state index in [4.69, 9.17) is 4.74 Å². The SMILES string of the molecule is COc1c2cc(C(C)(C)C)cc1C([S+](C)C)Cc1ccc(cc1)CC2[S+](C)C. The van der Waals surface area contributed by atoms with Gasteiger partial charge >= 0.3 is 0 Å². The molecule has 2 aliphatic carbocycles. The van der Waals surface area contributed by atoms with Crippen molar-refractivity contribution in [1.82, 2.24) is 0 Å². The topological polar surface area (TPSA) is 9.23 Å². The molecule has 4 bridgehead atoms. The van der Waals surface area contributed by atoms with E-state index in [9.17, 15) is 0 Å². The van der Waals surface area contributed by atoms with Crippen molar-refractivity contribution in [2.24, 2.45) is 0 Å². The minimum Gasteiger partial charge on any atom is -0.496 e. The van der Waals surface area contributed by atoms with E-state index in [1.165, 1.54) is 27.8 Å². The highest BCUT2D eigenvalue weighted by atomic mass is 32.2. The first-order valence-corrected chi connectivity index (χ1v) is 14.3. The Bertz CT molecular complexity index is 757. The molecule has 4 rings (SSSR count). The van der Waals surface area contributed by atoms with E-state index in [1.807, 2.05) is 7.11 Å². The molecule has 1 nitrogen and oxygen atoms in total. The molecule has 0 saturated heterocycles. The zero-order valence-electron chi connectivity index (χ0n) is 18.8. The van der Waals surface area contributed by atoms with Crippen molar-refractivity contribution in [3.8, 4) is 5.75 Å². The molecule has 28 heavy (non-hydrogen) atoms. The van der Waals surface area contributed by atoms with Gasteiger partial charge in [-0.2, -0.15) is 0 Å². The van der Waals surface area contributed by atoms with Gasteiger partial charge in [0.25, 0.3) is 0 Å². The number of hydrogen-bond donors (Lipinski definition) is 0. The summed E-state index contributed by atoms with van der Waals surface area (Å²) in [5.74, 6) is 1.15. The van der Waals surface area contributed by atoms with Crippen LogP contribution in [0.3, 0.4) is 0 Å². The number of ether oxygens (including phenoxy) is 1. The lowest BCUT2D eigenvalue weighted by Gasteiger charge is -2.27. The Hall–Kier alpha value is -1.06. The van der Waals surface area contributed by atoms with Gasteiger partial charge in [0, 0.05) is 24.0 Å². The summed E-state index contributed by atoms with van der Waals surface area (Å²) < 4.78 is 6.16. The summed E-state index contributed by atoms with van der Waals surface area (Å²) in [5.41, 5.74) is 7.26. The number of rotatable bonds is 3. The fraction of sp³-hybridized carbons (Fsp3) is 0.520. The smallest absolute Gasteiger partial charge is 0.150 e. The second-order valence-electron chi connectivity index (χ2n) is 9.40. The van der Waals surface area contributed by atoms with E-state index in [1.54, 1.807) is 0 Å². The Labute approximate surface area is 178 Å². The molecule has 2 unspecified atom stereocenters. The average Bonchev–Trinajstić information content (AvgIpc) is 2.64. The van der Waals surface area contributed by atoms with Gasteiger partial charge in [-0.15, -0.1) is 0 Å². The maximum absolute atomic E-state index is 6.16. The van der Waals surface area contributed by atoms with Crippen LogP contribution in [0.2, 0.25) is 0 Å². The van der Waals surface area contributed by atoms with Crippen molar-refractivity contribution in [2.75, 3.05) is 32.1 Å². The van der Waals surface area contributed by atoms with Crippen LogP contribution in [-0.4, -0.2) is 32.1 Å². The van der Waals surface area contributed by atoms with Gasteiger partial charge < -0.3 is 4.74 Å². The molecular formula is C25H36OS2+2. The molecule has 3 heteroatoms. The summed E-state index contributed by atoms with van der Waals surface area (Å²) in [6.45, 7) is 6.99. The fourth-order valence-corrected chi connectivity index (χ4v) is 6.54. The number of fused-ring (bicyclic) bond motifs is 4. The molecule has 2 aliphatic rings. The molecule has 2 aromatic carbocycles. The van der Waals surface area contributed by atoms with E-state index in [-0.39, 0.29) is 27.2 Å². The first kappa shape index (κ1) is 21.6. The molecule has 2 aromatic rings. The van der Waals surface area contributed by atoms with Gasteiger partial charge in [-0.25, -0.2) is 0 Å². The third-order valence-electron chi connectivity index (χ3n) is 5.91. The van der Waals surface area contributed by atoms with Gasteiger partial charge in [0.1, 0.15) is 16.2 Å². The maximum Gasteiger partial charge on any atom is 0.150 e. The molecule has 0 aromatic heterocycles. The lowest BCUT2D eigenvalue weighted by molar-refractivity contribution is 0.402. The Morgan fingerprint density at radius 1 is 0.786 bits per heavy atom. The molecule has 0 saturated carbocycles. The van der Waals surface area contributed by atoms with Crippen LogP contribution in [-0.2, 0) is 40.0 Å². The van der Waals surface area contributed by atoms with Gasteiger partial charge in [0.2, 0.25) is 0 Å². The summed E-state index contributed by atoms with van der Waals surface area (Å²) in [7, 11) is 2.38. The van der Waals surface area contributed by atoms with E-state index in [0.29, 0.717) is 10.5 Å². The molecule has 0 heterocycles. The Balaban J connectivity index is 2.35. The Kier molecular flexibility index (Phi) is 6.46. The van der Waals surface area contributed by atoms with Crippen LogP contribution in [0.1, 0.15) is 59.1 Å². The fourth-order valence-electron chi connectivity index (χ4n) is 4.12. The van der Waals surface area contributed by atoms with Crippen molar-refractivity contribution in [2.45, 2.75) is 49.5 Å². The highest BCUT2D eigenvalue weighted by Gasteiger charge is 2.36. The molecule has 152 valence electrons. The lowest BCUT2D eigenvalue weighted by Crippen LogP contribution is -2.21. The predicted molar refractivity (Wildman–Crippen MR) is 129 cm³/mol. The van der Waals surface area contributed by atoms with E-state index in [2.05, 4.69) is 82.2 Å². The van der Waals surface area contributed by atoms with Crippen LogP contribution in [0.5, 0.6) is 5.75 Å². The van der Waals surface area contributed by atoms with Crippen molar-refractivity contribution in [1.29, 1.82) is 0 Å². The van der Waals surface area contributed by atoms with Gasteiger partial charge in [-0.1, -0.05) is 45.0 Å². The molecular weight excluding hydrogens is 380 g/mol. The van der Waals surface area contributed by atoms with E-state index >= 15 is 0 Å². The van der Waals surface area contributed by atoms with Crippen LogP contribution in [0.25, 0.3) is 0 Å². The van der Waals surface area contributed by atoms with Crippen molar-refractivity contribution >= 4 is 21.8 Å². The van der Waals surface area contributed by atoms with Crippen LogP contribution in [0.4, 0.5) is 0 Å². The average molecular weight is 417 g/mol. The van der Waals surface area contributed by atoms with Gasteiger partial charge in [-0.3, -0.25) is 0 Å². The molecule has 2 atom stereocenters. The third-order valence-corrected chi connectivity index (χ3v) is 9.03. The van der Waals surface area contributed by atoms with Gasteiger partial charge in [-0.05, 0) is 56.0 Å². The second kappa shape index (κ2) is 8.36. The van der Waals surface area contributed by atoms with E-state index in [0.717, 1.165) is 18.6 Å². The number of benzene rings is 2. The van der Waals surface area contributed by atoms with E-state index < -0.39 is 0 Å². The minimum atomic E-state index is 0.126. The summed E-state index contributed by atoms with van der Waals surface area (Å²) >= 11 is 0. The number of hydrogen-bond acceptors (Lipinski definition) is 1. The zero-order valence-corrected chi connectivity index (χ0v) is 20.4. The maximum atomic E-state index is 6.16. The van der Waals surface area contributed by atoms with Crippen LogP contribution < -0.4 is 4.74 Å². The molecule has 0 radical (unpaired) electrons. The molecule has 0 fully saturated rings. The molecule has 0 aliphatic heterocycles. The summed E-state index contributed by atoms with van der Waals surface area (Å²) in [6.07, 6.45) is 11.7. The lowest BCUT2D eigenvalue weighted by atomic mass is 9.83. The first-order chi connectivity index (χ1) is 13.1. The van der Waals surface area contributed by atoms with Gasteiger partial charge in [0.15, 0.2) is 0 Å². The quantitative estimate of drug-likeness (QED) is 0.589. The third kappa shape index (κ3) is 4.41. The summed E-state index contributed by atoms with van der Waals surface area (Å²) in [6, 6.07) is 14.3. The summed E-state index contributed by atoms with van der Waals surface area (Å²) in [4.78, 5) is 0. The second-order valence-corrected chi connectivity index (χ2v) is 14.1. The number of methoxy groups -OCH3 is 1. The highest BCUT2D eigenvalue weighted by molar-refractivity contribution is 7.96. The normalized spacial score (nSPS) is 19.8. The molecule has 0 spiro atoms. The van der Waals surface area contributed by atoms with Crippen molar-refractivity contribution in [3.63, 3.8) is 0 Å². The van der Waals surface area contributed by atoms with Gasteiger partial charge in [0.05, 0.1) is 32.1 Å². The molecule has 0 amide bonds. The highest BCUT2D eigenvalue weighted by Crippen LogP contribution is 2.44. The van der Waals surface area contributed by atoms with Crippen LogP contribution in [0, 0.1) is 0 Å². The Morgan fingerprint density at radius 2 is 1.18 bits per heavy atom. The standard InChI is InChI=1S/C25H36OS2/c1-25(2,3)19-15-20-22(27(5)6)13-17-9-11-18(12-10-17)14-23(28(7)8)21(16-19)24(20)26-4/h9-12,15-16,22-23H,13-14H2,1-8H3/q+2. The van der Waals surface area contributed by atoms with Crippen LogP contribution >= 0.6 is 0 Å². The summed E-state index contributed by atoms with van der Waals surface area (Å²) in [5, 5.41) is 0.965. The molecule has 0 N–H and O–H groups in total. The first-order valence-electron chi connectivity index (χ1n) is 10.0. The predicted octanol–water partition coefficient (Wildman–Crippen LogP) is 5.63. The minimum absolute atomic E-state index is 0.126. The van der Waals surface area contributed by atoms with Crippen molar-refractivity contribution in [3.05, 3.63) is 64.2 Å².